The molecule has 0 saturated carbocycles. The zero-order chi connectivity index (χ0) is 11.5. The number of anilines is 1. The summed E-state index contributed by atoms with van der Waals surface area (Å²) in [6.45, 7) is 0.669. The molecule has 0 bridgehead atoms. The molecule has 0 aliphatic heterocycles. The Bertz CT molecular complexity index is 542. The number of hydrogen-bond acceptors (Lipinski definition) is 4. The van der Waals surface area contributed by atoms with Crippen molar-refractivity contribution in [3.63, 3.8) is 0 Å². The van der Waals surface area contributed by atoms with E-state index in [9.17, 15) is 4.79 Å². The molecule has 2 rings (SSSR count). The lowest BCUT2D eigenvalue weighted by atomic mass is 10.2. The SMILES string of the molecule is Nc1ccc2oc(=O)n(CCCCO)c2c1. The molecular weight excluding hydrogens is 208 g/mol. The number of nitrogens with two attached hydrogens (primary N) is 1. The minimum absolute atomic E-state index is 0.132. The predicted molar refractivity (Wildman–Crippen MR) is 61.2 cm³/mol. The number of aromatic nitrogens is 1. The fourth-order valence-electron chi connectivity index (χ4n) is 1.67. The molecule has 0 saturated heterocycles. The first kappa shape index (κ1) is 10.8. The van der Waals surface area contributed by atoms with E-state index in [2.05, 4.69) is 0 Å². The lowest BCUT2D eigenvalue weighted by Crippen LogP contribution is -2.14. The second-order valence-electron chi connectivity index (χ2n) is 3.68. The number of benzene rings is 1. The molecular formula is C11H14N2O3. The minimum atomic E-state index is -0.376. The molecule has 0 unspecified atom stereocenters. The monoisotopic (exact) mass is 222 g/mol. The van der Waals surface area contributed by atoms with Crippen LogP contribution in [0, 0.1) is 0 Å². The second-order valence-corrected chi connectivity index (χ2v) is 3.68. The summed E-state index contributed by atoms with van der Waals surface area (Å²) in [5, 5.41) is 8.69. The van der Waals surface area contributed by atoms with Crippen LogP contribution in [0.25, 0.3) is 11.1 Å². The summed E-state index contributed by atoms with van der Waals surface area (Å²) < 4.78 is 6.62. The minimum Gasteiger partial charge on any atom is -0.408 e. The van der Waals surface area contributed by atoms with Gasteiger partial charge in [-0.3, -0.25) is 4.57 Å². The number of aliphatic hydroxyl groups is 1. The molecule has 1 heterocycles. The van der Waals surface area contributed by atoms with Crippen LogP contribution in [-0.4, -0.2) is 16.3 Å². The van der Waals surface area contributed by atoms with E-state index >= 15 is 0 Å². The highest BCUT2D eigenvalue weighted by Crippen LogP contribution is 2.16. The van der Waals surface area contributed by atoms with Crippen molar-refractivity contribution < 1.29 is 9.52 Å². The lowest BCUT2D eigenvalue weighted by Gasteiger charge is -2.01. The normalized spacial score (nSPS) is 11.1. The molecule has 0 aliphatic rings. The highest BCUT2D eigenvalue weighted by molar-refractivity contribution is 5.76. The van der Waals surface area contributed by atoms with E-state index in [1.54, 1.807) is 22.8 Å². The molecule has 0 radical (unpaired) electrons. The number of fused-ring (bicyclic) bond motifs is 1. The number of rotatable bonds is 4. The fourth-order valence-corrected chi connectivity index (χ4v) is 1.67. The van der Waals surface area contributed by atoms with Gasteiger partial charge in [-0.25, -0.2) is 4.79 Å². The molecule has 5 nitrogen and oxygen atoms in total. The summed E-state index contributed by atoms with van der Waals surface area (Å²) in [6, 6.07) is 5.11. The van der Waals surface area contributed by atoms with Crippen molar-refractivity contribution in [3.8, 4) is 0 Å². The number of hydrogen-bond donors (Lipinski definition) is 2. The molecule has 2 aromatic rings. The smallest absolute Gasteiger partial charge is 0.408 e. The highest BCUT2D eigenvalue weighted by atomic mass is 16.4. The first-order valence-corrected chi connectivity index (χ1v) is 5.22. The van der Waals surface area contributed by atoms with Gasteiger partial charge in [-0.15, -0.1) is 0 Å². The number of oxazole rings is 1. The van der Waals surface area contributed by atoms with E-state index in [0.717, 1.165) is 6.42 Å². The molecule has 0 aliphatic carbocycles. The van der Waals surface area contributed by atoms with Crippen LogP contribution in [0.4, 0.5) is 5.69 Å². The summed E-state index contributed by atoms with van der Waals surface area (Å²) in [7, 11) is 0. The predicted octanol–water partition coefficient (Wildman–Crippen LogP) is 0.949. The van der Waals surface area contributed by atoms with Gasteiger partial charge < -0.3 is 15.3 Å². The van der Waals surface area contributed by atoms with Gasteiger partial charge >= 0.3 is 5.76 Å². The number of aryl methyl sites for hydroxylation is 1. The first-order chi connectivity index (χ1) is 7.72. The first-order valence-electron chi connectivity index (χ1n) is 5.22. The molecule has 0 amide bonds. The third-order valence-corrected chi connectivity index (χ3v) is 2.48. The van der Waals surface area contributed by atoms with Crippen molar-refractivity contribution in [1.29, 1.82) is 0 Å². The standard InChI is InChI=1S/C11H14N2O3/c12-8-3-4-10-9(7-8)13(11(15)16-10)5-1-2-6-14/h3-4,7,14H,1-2,5-6,12H2. The number of unbranched alkanes of at least 4 members (excludes halogenated alkanes) is 1. The molecule has 3 N–H and O–H groups in total. The van der Waals surface area contributed by atoms with Crippen LogP contribution in [-0.2, 0) is 6.54 Å². The Hall–Kier alpha value is -1.75. The largest absolute Gasteiger partial charge is 0.419 e. The van der Waals surface area contributed by atoms with Gasteiger partial charge in [0.2, 0.25) is 0 Å². The van der Waals surface area contributed by atoms with E-state index in [-0.39, 0.29) is 12.4 Å². The van der Waals surface area contributed by atoms with Crippen molar-refractivity contribution in [2.24, 2.45) is 0 Å². The summed E-state index contributed by atoms with van der Waals surface area (Å²) >= 11 is 0. The Kier molecular flexibility index (Phi) is 2.96. The lowest BCUT2D eigenvalue weighted by molar-refractivity contribution is 0.280. The Labute approximate surface area is 92.1 Å². The topological polar surface area (TPSA) is 81.4 Å². The Balaban J connectivity index is 2.38. The Morgan fingerprint density at radius 3 is 2.94 bits per heavy atom. The third kappa shape index (κ3) is 1.94. The summed E-state index contributed by atoms with van der Waals surface area (Å²) in [5.74, 6) is -0.376. The van der Waals surface area contributed by atoms with Gasteiger partial charge in [0.1, 0.15) is 0 Å². The summed E-state index contributed by atoms with van der Waals surface area (Å²) in [5.41, 5.74) is 7.52. The Morgan fingerprint density at radius 1 is 1.38 bits per heavy atom. The van der Waals surface area contributed by atoms with E-state index in [1.807, 2.05) is 0 Å². The van der Waals surface area contributed by atoms with Crippen molar-refractivity contribution in [3.05, 3.63) is 28.7 Å². The second kappa shape index (κ2) is 4.40. The van der Waals surface area contributed by atoms with Crippen LogP contribution in [0.15, 0.2) is 27.4 Å². The van der Waals surface area contributed by atoms with E-state index in [4.69, 9.17) is 15.3 Å². The summed E-state index contributed by atoms with van der Waals surface area (Å²) in [6.07, 6.45) is 1.40. The fraction of sp³-hybridized carbons (Fsp3) is 0.364. The molecule has 0 fully saturated rings. The van der Waals surface area contributed by atoms with Gasteiger partial charge in [0.25, 0.3) is 0 Å². The van der Waals surface area contributed by atoms with E-state index < -0.39 is 0 Å². The number of nitrogen functional groups attached to an aromatic ring is 1. The maximum absolute atomic E-state index is 11.5. The van der Waals surface area contributed by atoms with Gasteiger partial charge in [-0.1, -0.05) is 0 Å². The van der Waals surface area contributed by atoms with E-state index in [0.29, 0.717) is 29.8 Å². The summed E-state index contributed by atoms with van der Waals surface area (Å²) in [4.78, 5) is 11.5. The van der Waals surface area contributed by atoms with Gasteiger partial charge in [0, 0.05) is 18.8 Å². The molecule has 0 spiro atoms. The average molecular weight is 222 g/mol. The molecule has 1 aromatic carbocycles. The van der Waals surface area contributed by atoms with Gasteiger partial charge in [-0.05, 0) is 31.0 Å². The van der Waals surface area contributed by atoms with Gasteiger partial charge in [0.05, 0.1) is 5.52 Å². The van der Waals surface area contributed by atoms with Crippen LogP contribution >= 0.6 is 0 Å². The van der Waals surface area contributed by atoms with Crippen LogP contribution in [0.3, 0.4) is 0 Å². The molecule has 1 aromatic heterocycles. The highest BCUT2D eigenvalue weighted by Gasteiger charge is 2.08. The Morgan fingerprint density at radius 2 is 2.19 bits per heavy atom. The maximum atomic E-state index is 11.5. The van der Waals surface area contributed by atoms with Crippen LogP contribution in [0.2, 0.25) is 0 Å². The van der Waals surface area contributed by atoms with Crippen LogP contribution < -0.4 is 11.5 Å². The third-order valence-electron chi connectivity index (χ3n) is 2.48. The zero-order valence-corrected chi connectivity index (χ0v) is 8.85. The molecule has 0 atom stereocenters. The molecule has 16 heavy (non-hydrogen) atoms. The molecule has 5 heteroatoms. The van der Waals surface area contributed by atoms with Crippen molar-refractivity contribution in [2.75, 3.05) is 12.3 Å². The van der Waals surface area contributed by atoms with Gasteiger partial charge in [-0.2, -0.15) is 0 Å². The van der Waals surface area contributed by atoms with Crippen molar-refractivity contribution in [1.82, 2.24) is 4.57 Å². The number of aliphatic hydroxyl groups excluding tert-OH is 1. The number of nitrogens with zero attached hydrogens (tertiary/aromatic N) is 1. The maximum Gasteiger partial charge on any atom is 0.419 e. The van der Waals surface area contributed by atoms with Crippen molar-refractivity contribution in [2.45, 2.75) is 19.4 Å². The molecule has 86 valence electrons. The quantitative estimate of drug-likeness (QED) is 0.596. The van der Waals surface area contributed by atoms with E-state index in [1.165, 1.54) is 0 Å². The average Bonchev–Trinajstić information content (AvgIpc) is 2.56. The van der Waals surface area contributed by atoms with Gasteiger partial charge in [0.15, 0.2) is 5.58 Å². The zero-order valence-electron chi connectivity index (χ0n) is 8.85. The van der Waals surface area contributed by atoms with Crippen molar-refractivity contribution >= 4 is 16.8 Å². The van der Waals surface area contributed by atoms with Crippen LogP contribution in [0.5, 0.6) is 0 Å². The van der Waals surface area contributed by atoms with Crippen LogP contribution in [0.1, 0.15) is 12.8 Å².